The maximum absolute atomic E-state index is 14.0. The van der Waals surface area contributed by atoms with Gasteiger partial charge in [-0.3, -0.25) is 0 Å². The summed E-state index contributed by atoms with van der Waals surface area (Å²) >= 11 is 0. The normalized spacial score (nSPS) is 10.7. The summed E-state index contributed by atoms with van der Waals surface area (Å²) in [6.45, 7) is 1.40. The van der Waals surface area contributed by atoms with Crippen LogP contribution in [0.5, 0.6) is 5.75 Å². The van der Waals surface area contributed by atoms with Gasteiger partial charge in [-0.25, -0.2) is 17.6 Å². The van der Waals surface area contributed by atoms with Crippen molar-refractivity contribution in [3.05, 3.63) is 47.0 Å². The predicted molar refractivity (Wildman–Crippen MR) is 71.2 cm³/mol. The maximum Gasteiger partial charge on any atom is 0.162 e. The molecule has 0 heterocycles. The second-order valence-corrected chi connectivity index (χ2v) is 4.44. The van der Waals surface area contributed by atoms with E-state index in [0.29, 0.717) is 6.07 Å². The van der Waals surface area contributed by atoms with Gasteiger partial charge < -0.3 is 4.74 Å². The largest absolute Gasteiger partial charge is 0.493 e. The van der Waals surface area contributed by atoms with E-state index in [1.807, 2.05) is 0 Å². The summed E-state index contributed by atoms with van der Waals surface area (Å²) < 4.78 is 59.5. The predicted octanol–water partition coefficient (Wildman–Crippen LogP) is 2.49. The smallest absolute Gasteiger partial charge is 0.162 e. The molecular formula is C14H11BF4O. The Bertz CT molecular complexity index is 686. The van der Waals surface area contributed by atoms with Gasteiger partial charge in [0.1, 0.15) is 25.3 Å². The molecule has 2 rings (SSSR count). The van der Waals surface area contributed by atoms with Crippen molar-refractivity contribution in [3.8, 4) is 16.9 Å². The van der Waals surface area contributed by atoms with Crippen molar-refractivity contribution in [2.75, 3.05) is 7.11 Å². The Kier molecular flexibility index (Phi) is 3.75. The quantitative estimate of drug-likeness (QED) is 0.607. The van der Waals surface area contributed by atoms with Gasteiger partial charge in [0, 0.05) is 11.6 Å². The molecule has 0 saturated carbocycles. The van der Waals surface area contributed by atoms with Gasteiger partial charge in [-0.2, -0.15) is 0 Å². The molecule has 104 valence electrons. The van der Waals surface area contributed by atoms with Crippen molar-refractivity contribution in [2.24, 2.45) is 0 Å². The highest BCUT2D eigenvalue weighted by atomic mass is 19.1. The molecule has 0 atom stereocenters. The van der Waals surface area contributed by atoms with Gasteiger partial charge in [-0.05, 0) is 35.6 Å². The Balaban J connectivity index is 2.83. The van der Waals surface area contributed by atoms with Crippen LogP contribution in [-0.4, -0.2) is 15.0 Å². The number of ether oxygens (including phenoxy) is 1. The van der Waals surface area contributed by atoms with Crippen molar-refractivity contribution in [3.63, 3.8) is 0 Å². The lowest BCUT2D eigenvalue weighted by Crippen LogP contribution is -2.16. The molecule has 0 N–H and O–H groups in total. The maximum atomic E-state index is 14.0. The lowest BCUT2D eigenvalue weighted by atomic mass is 9.90. The molecule has 0 aromatic heterocycles. The van der Waals surface area contributed by atoms with Crippen LogP contribution < -0.4 is 10.2 Å². The van der Waals surface area contributed by atoms with Gasteiger partial charge in [-0.1, -0.05) is 0 Å². The zero-order chi connectivity index (χ0) is 15.0. The van der Waals surface area contributed by atoms with Crippen LogP contribution in [0, 0.1) is 30.2 Å². The van der Waals surface area contributed by atoms with Gasteiger partial charge in [0.25, 0.3) is 0 Å². The standard InChI is InChI=1S/C14H11BF4O/c1-6-8(3-7(16)4-10(6)17)9-5-11(18)12(15)13(19)14(9)20-2/h3-5H,15H2,1-2H3. The molecule has 0 spiro atoms. The summed E-state index contributed by atoms with van der Waals surface area (Å²) in [5.41, 5.74) is -0.0892. The molecule has 0 bridgehead atoms. The third kappa shape index (κ3) is 2.26. The minimum absolute atomic E-state index is 0.0241. The summed E-state index contributed by atoms with van der Waals surface area (Å²) in [5.74, 6) is -3.54. The second kappa shape index (κ2) is 5.19. The Hall–Kier alpha value is -1.98. The van der Waals surface area contributed by atoms with Gasteiger partial charge >= 0.3 is 0 Å². The summed E-state index contributed by atoms with van der Waals surface area (Å²) in [6.07, 6.45) is 0. The van der Waals surface area contributed by atoms with Crippen LogP contribution in [0.25, 0.3) is 11.1 Å². The van der Waals surface area contributed by atoms with E-state index in [1.165, 1.54) is 21.9 Å². The van der Waals surface area contributed by atoms with E-state index < -0.39 is 23.3 Å². The molecule has 0 aliphatic carbocycles. The molecule has 0 amide bonds. The van der Waals surface area contributed by atoms with E-state index in [0.717, 1.165) is 12.1 Å². The highest BCUT2D eigenvalue weighted by molar-refractivity contribution is 6.33. The van der Waals surface area contributed by atoms with Gasteiger partial charge in [0.2, 0.25) is 0 Å². The summed E-state index contributed by atoms with van der Waals surface area (Å²) in [4.78, 5) is 0. The van der Waals surface area contributed by atoms with Crippen LogP contribution in [0.15, 0.2) is 18.2 Å². The third-order valence-electron chi connectivity index (χ3n) is 3.21. The minimum Gasteiger partial charge on any atom is -0.493 e. The topological polar surface area (TPSA) is 9.23 Å². The Morgan fingerprint density at radius 1 is 0.950 bits per heavy atom. The highest BCUT2D eigenvalue weighted by Crippen LogP contribution is 2.35. The molecule has 0 aliphatic heterocycles. The van der Waals surface area contributed by atoms with Gasteiger partial charge in [0.15, 0.2) is 11.6 Å². The number of halogens is 4. The first-order chi connectivity index (χ1) is 9.36. The second-order valence-electron chi connectivity index (χ2n) is 4.44. The zero-order valence-corrected chi connectivity index (χ0v) is 11.2. The first kappa shape index (κ1) is 14.4. The number of benzene rings is 2. The van der Waals surface area contributed by atoms with Crippen LogP contribution in [0.4, 0.5) is 17.6 Å². The Morgan fingerprint density at radius 2 is 1.60 bits per heavy atom. The molecule has 0 saturated heterocycles. The van der Waals surface area contributed by atoms with E-state index in [4.69, 9.17) is 4.74 Å². The SMILES string of the molecule is Bc1c(F)cc(-c2cc(F)cc(F)c2C)c(OC)c1F. The molecule has 1 nitrogen and oxygen atoms in total. The van der Waals surface area contributed by atoms with Crippen LogP contribution in [0.1, 0.15) is 5.56 Å². The van der Waals surface area contributed by atoms with E-state index in [2.05, 4.69) is 0 Å². The van der Waals surface area contributed by atoms with E-state index in [9.17, 15) is 17.6 Å². The van der Waals surface area contributed by atoms with E-state index in [1.54, 1.807) is 0 Å². The summed E-state index contributed by atoms with van der Waals surface area (Å²) in [7, 11) is 2.47. The number of hydrogen-bond acceptors (Lipinski definition) is 1. The molecular weight excluding hydrogens is 271 g/mol. The van der Waals surface area contributed by atoms with Crippen LogP contribution in [0.2, 0.25) is 0 Å². The monoisotopic (exact) mass is 282 g/mol. The van der Waals surface area contributed by atoms with E-state index in [-0.39, 0.29) is 27.9 Å². The number of methoxy groups -OCH3 is 1. The fourth-order valence-corrected chi connectivity index (χ4v) is 2.02. The molecule has 0 fully saturated rings. The first-order valence-corrected chi connectivity index (χ1v) is 5.85. The average molecular weight is 282 g/mol. The molecule has 2 aromatic rings. The molecule has 2 aromatic carbocycles. The Labute approximate surface area is 114 Å². The fraction of sp³-hybridized carbons (Fsp3) is 0.143. The van der Waals surface area contributed by atoms with Gasteiger partial charge in [0.05, 0.1) is 7.11 Å². The molecule has 6 heteroatoms. The third-order valence-corrected chi connectivity index (χ3v) is 3.21. The van der Waals surface area contributed by atoms with Crippen molar-refractivity contribution >= 4 is 13.3 Å². The fourth-order valence-electron chi connectivity index (χ4n) is 2.02. The summed E-state index contributed by atoms with van der Waals surface area (Å²) in [5, 5.41) is 0. The molecule has 0 aliphatic rings. The lowest BCUT2D eigenvalue weighted by Gasteiger charge is -2.14. The number of rotatable bonds is 2. The average Bonchev–Trinajstić information content (AvgIpc) is 2.40. The highest BCUT2D eigenvalue weighted by Gasteiger charge is 2.20. The van der Waals surface area contributed by atoms with Crippen LogP contribution in [-0.2, 0) is 0 Å². The van der Waals surface area contributed by atoms with Crippen molar-refractivity contribution in [2.45, 2.75) is 6.92 Å². The van der Waals surface area contributed by atoms with Gasteiger partial charge in [-0.15, -0.1) is 0 Å². The lowest BCUT2D eigenvalue weighted by molar-refractivity contribution is 0.388. The number of hydrogen-bond donors (Lipinski definition) is 0. The molecule has 0 unspecified atom stereocenters. The molecule has 0 radical (unpaired) electrons. The first-order valence-electron chi connectivity index (χ1n) is 5.85. The Morgan fingerprint density at radius 3 is 2.20 bits per heavy atom. The summed E-state index contributed by atoms with van der Waals surface area (Å²) in [6, 6.07) is 2.75. The van der Waals surface area contributed by atoms with Crippen molar-refractivity contribution in [1.29, 1.82) is 0 Å². The minimum atomic E-state index is -0.883. The van der Waals surface area contributed by atoms with Crippen LogP contribution >= 0.6 is 0 Å². The van der Waals surface area contributed by atoms with Crippen LogP contribution in [0.3, 0.4) is 0 Å². The van der Waals surface area contributed by atoms with Crippen molar-refractivity contribution < 1.29 is 22.3 Å². The zero-order valence-electron chi connectivity index (χ0n) is 11.2. The van der Waals surface area contributed by atoms with Crippen molar-refractivity contribution in [1.82, 2.24) is 0 Å². The molecule has 20 heavy (non-hydrogen) atoms. The van der Waals surface area contributed by atoms with E-state index >= 15 is 0 Å².